The third-order valence-electron chi connectivity index (χ3n) is 4.84. The zero-order chi connectivity index (χ0) is 21.9. The van der Waals surface area contributed by atoms with Crippen LogP contribution >= 0.6 is 11.8 Å². The van der Waals surface area contributed by atoms with Crippen LogP contribution in [0.15, 0.2) is 35.1 Å². The normalized spacial score (nSPS) is 14.4. The number of aromatic nitrogens is 2. The predicted octanol–water partition coefficient (Wildman–Crippen LogP) is 1.80. The fourth-order valence-corrected chi connectivity index (χ4v) is 3.95. The zero-order valence-electron chi connectivity index (χ0n) is 17.8. The molecule has 0 aliphatic carbocycles. The van der Waals surface area contributed by atoms with E-state index < -0.39 is 0 Å². The Kier molecular flexibility index (Phi) is 9.32. The first-order valence-electron chi connectivity index (χ1n) is 10.4. The average Bonchev–Trinajstić information content (AvgIpc) is 3.18. The Labute approximate surface area is 186 Å². The molecule has 10 heteroatoms. The van der Waals surface area contributed by atoms with E-state index in [0.29, 0.717) is 24.7 Å². The number of amides is 2. The van der Waals surface area contributed by atoms with Crippen LogP contribution < -0.4 is 5.32 Å². The number of thioether (sulfide) groups is 1. The van der Waals surface area contributed by atoms with Crippen molar-refractivity contribution in [3.63, 3.8) is 0 Å². The van der Waals surface area contributed by atoms with Crippen LogP contribution in [0.1, 0.15) is 17.7 Å². The largest absolute Gasteiger partial charge is 0.379 e. The monoisotopic (exact) mass is 447 g/mol. The summed E-state index contributed by atoms with van der Waals surface area (Å²) in [5, 5.41) is 6.40. The van der Waals surface area contributed by atoms with E-state index in [1.165, 1.54) is 11.8 Å². The van der Waals surface area contributed by atoms with Crippen LogP contribution in [0.3, 0.4) is 0 Å². The van der Waals surface area contributed by atoms with Crippen LogP contribution in [-0.4, -0.2) is 82.7 Å². The van der Waals surface area contributed by atoms with Crippen molar-refractivity contribution < 1.29 is 18.8 Å². The molecule has 1 aliphatic rings. The Bertz CT molecular complexity index is 826. The maximum absolute atomic E-state index is 12.9. The number of hydrogen-bond acceptors (Lipinski definition) is 8. The summed E-state index contributed by atoms with van der Waals surface area (Å²) in [7, 11) is 0. The molecule has 1 saturated heterocycles. The Morgan fingerprint density at radius 1 is 1.23 bits per heavy atom. The maximum atomic E-state index is 12.9. The highest BCUT2D eigenvalue weighted by molar-refractivity contribution is 8.00. The number of anilines is 1. The SMILES string of the molecule is Cc1cc(NC(=O)CSCC(=O)N(CCCN2CCOCC2)Cc2ccncc2)no1. The van der Waals surface area contributed by atoms with Gasteiger partial charge in [-0.3, -0.25) is 19.5 Å². The quantitative estimate of drug-likeness (QED) is 0.557. The van der Waals surface area contributed by atoms with Crippen molar-refractivity contribution in [3.8, 4) is 0 Å². The molecule has 3 heterocycles. The third kappa shape index (κ3) is 8.31. The highest BCUT2D eigenvalue weighted by atomic mass is 32.2. The van der Waals surface area contributed by atoms with Crippen molar-refractivity contribution in [1.82, 2.24) is 19.9 Å². The van der Waals surface area contributed by atoms with Gasteiger partial charge in [0.2, 0.25) is 11.8 Å². The van der Waals surface area contributed by atoms with Crippen molar-refractivity contribution in [2.75, 3.05) is 56.2 Å². The minimum absolute atomic E-state index is 0.0221. The van der Waals surface area contributed by atoms with Gasteiger partial charge >= 0.3 is 0 Å². The molecule has 9 nitrogen and oxygen atoms in total. The highest BCUT2D eigenvalue weighted by Gasteiger charge is 2.17. The molecular weight excluding hydrogens is 418 g/mol. The first kappa shape index (κ1) is 23.2. The van der Waals surface area contributed by atoms with Crippen molar-refractivity contribution in [3.05, 3.63) is 41.9 Å². The van der Waals surface area contributed by atoms with Crippen LogP contribution in [0.4, 0.5) is 5.82 Å². The summed E-state index contributed by atoms with van der Waals surface area (Å²) < 4.78 is 10.3. The van der Waals surface area contributed by atoms with Gasteiger partial charge in [-0.15, -0.1) is 11.8 Å². The standard InChI is InChI=1S/C21H29N5O4S/c1-17-13-19(24-30-17)23-20(27)15-31-16-21(28)26(14-18-3-5-22-6-4-18)8-2-7-25-9-11-29-12-10-25/h3-6,13H,2,7-12,14-16H2,1H3,(H,23,24,27). The summed E-state index contributed by atoms with van der Waals surface area (Å²) in [6, 6.07) is 5.49. The van der Waals surface area contributed by atoms with E-state index in [1.54, 1.807) is 25.4 Å². The number of ether oxygens (including phenoxy) is 1. The fraction of sp³-hybridized carbons (Fsp3) is 0.524. The Hall–Kier alpha value is -2.43. The second-order valence-electron chi connectivity index (χ2n) is 7.34. The molecule has 2 aromatic rings. The number of morpholine rings is 1. The van der Waals surface area contributed by atoms with Crippen molar-refractivity contribution in [1.29, 1.82) is 0 Å². The summed E-state index contributed by atoms with van der Waals surface area (Å²) in [6.45, 7) is 7.32. The minimum atomic E-state index is -0.209. The summed E-state index contributed by atoms with van der Waals surface area (Å²) in [6.07, 6.45) is 4.36. The van der Waals surface area contributed by atoms with Gasteiger partial charge in [0.15, 0.2) is 5.82 Å². The molecule has 168 valence electrons. The lowest BCUT2D eigenvalue weighted by atomic mass is 10.2. The molecule has 2 amide bonds. The van der Waals surface area contributed by atoms with Crippen LogP contribution in [0.25, 0.3) is 0 Å². The lowest BCUT2D eigenvalue weighted by Crippen LogP contribution is -2.39. The summed E-state index contributed by atoms with van der Waals surface area (Å²) in [5.74, 6) is 1.24. The van der Waals surface area contributed by atoms with Gasteiger partial charge in [-0.1, -0.05) is 5.16 Å². The van der Waals surface area contributed by atoms with E-state index in [1.807, 2.05) is 17.0 Å². The number of carbonyl (C=O) groups excluding carboxylic acids is 2. The summed E-state index contributed by atoms with van der Waals surface area (Å²) in [5.41, 5.74) is 1.04. The molecule has 1 fully saturated rings. The number of rotatable bonds is 11. The lowest BCUT2D eigenvalue weighted by Gasteiger charge is -2.28. The van der Waals surface area contributed by atoms with E-state index in [9.17, 15) is 9.59 Å². The number of aryl methyl sites for hydroxylation is 1. The van der Waals surface area contributed by atoms with E-state index in [0.717, 1.165) is 44.8 Å². The van der Waals surface area contributed by atoms with Gasteiger partial charge < -0.3 is 19.5 Å². The molecule has 31 heavy (non-hydrogen) atoms. The number of hydrogen-bond donors (Lipinski definition) is 1. The topological polar surface area (TPSA) is 101 Å². The molecule has 0 spiro atoms. The molecule has 0 bridgehead atoms. The molecule has 1 N–H and O–H groups in total. The summed E-state index contributed by atoms with van der Waals surface area (Å²) in [4.78, 5) is 33.2. The van der Waals surface area contributed by atoms with Gasteiger partial charge in [0.05, 0.1) is 24.7 Å². The maximum Gasteiger partial charge on any atom is 0.235 e. The molecule has 0 atom stereocenters. The van der Waals surface area contributed by atoms with Crippen LogP contribution in [0.5, 0.6) is 0 Å². The predicted molar refractivity (Wildman–Crippen MR) is 119 cm³/mol. The molecule has 0 unspecified atom stereocenters. The first-order valence-corrected chi connectivity index (χ1v) is 11.5. The molecule has 3 rings (SSSR count). The third-order valence-corrected chi connectivity index (χ3v) is 5.75. The molecular formula is C21H29N5O4S. The number of carbonyl (C=O) groups is 2. The zero-order valence-corrected chi connectivity index (χ0v) is 18.6. The second-order valence-corrected chi connectivity index (χ2v) is 8.33. The molecule has 2 aromatic heterocycles. The van der Waals surface area contributed by atoms with E-state index in [4.69, 9.17) is 9.26 Å². The van der Waals surface area contributed by atoms with E-state index >= 15 is 0 Å². The molecule has 0 saturated carbocycles. The van der Waals surface area contributed by atoms with Gasteiger partial charge in [-0.05, 0) is 31.0 Å². The van der Waals surface area contributed by atoms with Crippen molar-refractivity contribution >= 4 is 29.4 Å². The second kappa shape index (κ2) is 12.4. The first-order chi connectivity index (χ1) is 15.1. The van der Waals surface area contributed by atoms with Gasteiger partial charge in [-0.2, -0.15) is 0 Å². The van der Waals surface area contributed by atoms with Crippen LogP contribution in [-0.2, 0) is 20.9 Å². The minimum Gasteiger partial charge on any atom is -0.379 e. The van der Waals surface area contributed by atoms with Gasteiger partial charge in [0.1, 0.15) is 5.76 Å². The molecule has 0 radical (unpaired) electrons. The van der Waals surface area contributed by atoms with Crippen LogP contribution in [0.2, 0.25) is 0 Å². The van der Waals surface area contributed by atoms with E-state index in [-0.39, 0.29) is 23.3 Å². The van der Waals surface area contributed by atoms with Crippen LogP contribution in [0, 0.1) is 6.92 Å². The Morgan fingerprint density at radius 2 is 2.00 bits per heavy atom. The van der Waals surface area contributed by atoms with Crippen molar-refractivity contribution in [2.45, 2.75) is 19.9 Å². The number of nitrogens with one attached hydrogen (secondary N) is 1. The number of nitrogens with zero attached hydrogens (tertiary/aromatic N) is 4. The highest BCUT2D eigenvalue weighted by Crippen LogP contribution is 2.11. The molecule has 1 aliphatic heterocycles. The summed E-state index contributed by atoms with van der Waals surface area (Å²) >= 11 is 1.29. The Morgan fingerprint density at radius 3 is 2.71 bits per heavy atom. The van der Waals surface area contributed by atoms with Gasteiger partial charge in [-0.25, -0.2) is 0 Å². The van der Waals surface area contributed by atoms with Gasteiger partial charge in [0, 0.05) is 51.2 Å². The molecule has 0 aromatic carbocycles. The smallest absolute Gasteiger partial charge is 0.235 e. The fourth-order valence-electron chi connectivity index (χ4n) is 3.24. The Balaban J connectivity index is 1.45. The van der Waals surface area contributed by atoms with Crippen molar-refractivity contribution in [2.24, 2.45) is 0 Å². The van der Waals surface area contributed by atoms with Gasteiger partial charge in [0.25, 0.3) is 0 Å². The lowest BCUT2D eigenvalue weighted by molar-refractivity contribution is -0.129. The average molecular weight is 448 g/mol. The van der Waals surface area contributed by atoms with E-state index in [2.05, 4.69) is 20.4 Å². The number of pyridine rings is 1.